The van der Waals surface area contributed by atoms with Crippen molar-refractivity contribution in [2.75, 3.05) is 31.1 Å². The molecule has 0 aliphatic carbocycles. The molecular formula is C23H32N4O3. The Morgan fingerprint density at radius 1 is 1.30 bits per heavy atom. The zero-order chi connectivity index (χ0) is 21.1. The van der Waals surface area contributed by atoms with Crippen molar-refractivity contribution in [3.05, 3.63) is 48.0 Å². The number of amides is 1. The third-order valence-corrected chi connectivity index (χ3v) is 5.37. The molecule has 7 nitrogen and oxygen atoms in total. The highest BCUT2D eigenvalue weighted by atomic mass is 16.5. The highest BCUT2D eigenvalue weighted by Gasteiger charge is 2.26. The number of carbonyl (C=O) groups excluding carboxylic acids is 1. The first-order valence-electron chi connectivity index (χ1n) is 10.3. The maximum absolute atomic E-state index is 11.6. The molecule has 0 radical (unpaired) electrons. The molecule has 3 aromatic rings. The molecule has 2 aromatic carbocycles. The van der Waals surface area contributed by atoms with Gasteiger partial charge in [0.25, 0.3) is 0 Å². The molecule has 0 unspecified atom stereocenters. The van der Waals surface area contributed by atoms with Crippen LogP contribution in [0, 0.1) is 12.8 Å². The Labute approximate surface area is 180 Å². The number of nitrogens with one attached hydrogen (secondary N) is 1. The number of aromatic nitrogens is 2. The van der Waals surface area contributed by atoms with Gasteiger partial charge in [0, 0.05) is 29.3 Å². The number of anilines is 1. The molecule has 0 saturated carbocycles. The van der Waals surface area contributed by atoms with E-state index in [1.165, 1.54) is 0 Å². The lowest BCUT2D eigenvalue weighted by Gasteiger charge is -2.21. The fraction of sp³-hybridized carbons (Fsp3) is 0.348. The molecule has 2 heterocycles. The van der Waals surface area contributed by atoms with Gasteiger partial charge in [0.15, 0.2) is 5.82 Å². The van der Waals surface area contributed by atoms with Gasteiger partial charge < -0.3 is 20.1 Å². The van der Waals surface area contributed by atoms with Crippen molar-refractivity contribution in [3.63, 3.8) is 0 Å². The minimum absolute atomic E-state index is 0. The van der Waals surface area contributed by atoms with Crippen molar-refractivity contribution in [2.45, 2.75) is 20.3 Å². The van der Waals surface area contributed by atoms with E-state index < -0.39 is 0 Å². The molecule has 1 atom stereocenters. The van der Waals surface area contributed by atoms with Crippen molar-refractivity contribution < 1.29 is 18.9 Å². The summed E-state index contributed by atoms with van der Waals surface area (Å²) < 4.78 is 4.95. The molecule has 2 N–H and O–H groups in total. The van der Waals surface area contributed by atoms with E-state index >= 15 is 0 Å². The Morgan fingerprint density at radius 3 is 2.93 bits per heavy atom. The van der Waals surface area contributed by atoms with Crippen LogP contribution in [0.25, 0.3) is 22.3 Å². The summed E-state index contributed by atoms with van der Waals surface area (Å²) in [5.74, 6) is 1.85. The van der Waals surface area contributed by atoms with Crippen LogP contribution in [0.4, 0.5) is 10.6 Å². The molecule has 0 bridgehead atoms. The van der Waals surface area contributed by atoms with E-state index in [-0.39, 0.29) is 16.1 Å². The number of carbonyl (C=O) groups is 1. The number of para-hydroxylation sites is 1. The number of hydrogen-bond acceptors (Lipinski definition) is 6. The molecule has 1 aromatic heterocycles. The SMILES string of the molecule is CCOC(=O)NC[C@@H]1CCN(c2nc(-c3ccccc3O)nc3cc(C)ccc23)C1.[HH].[HH].[HH]. The summed E-state index contributed by atoms with van der Waals surface area (Å²) in [5.41, 5.74) is 2.58. The van der Waals surface area contributed by atoms with E-state index in [2.05, 4.69) is 22.3 Å². The predicted molar refractivity (Wildman–Crippen MR) is 123 cm³/mol. The normalized spacial score (nSPS) is 16.1. The van der Waals surface area contributed by atoms with Crippen LogP contribution in [0.1, 0.15) is 23.2 Å². The summed E-state index contributed by atoms with van der Waals surface area (Å²) in [5, 5.41) is 14.1. The number of aryl methyl sites for hydroxylation is 1. The Hall–Kier alpha value is -3.35. The van der Waals surface area contributed by atoms with Crippen molar-refractivity contribution in [2.24, 2.45) is 5.92 Å². The minimum atomic E-state index is -0.374. The molecule has 1 aliphatic rings. The van der Waals surface area contributed by atoms with E-state index in [9.17, 15) is 9.90 Å². The van der Waals surface area contributed by atoms with Crippen molar-refractivity contribution in [1.29, 1.82) is 0 Å². The van der Waals surface area contributed by atoms with Crippen LogP contribution < -0.4 is 10.2 Å². The Balaban J connectivity index is 0.00000181. The lowest BCUT2D eigenvalue weighted by Crippen LogP contribution is -2.31. The Bertz CT molecular complexity index is 1080. The van der Waals surface area contributed by atoms with Crippen LogP contribution in [-0.2, 0) is 4.74 Å². The van der Waals surface area contributed by atoms with Gasteiger partial charge in [-0.05, 0) is 56.0 Å². The zero-order valence-corrected chi connectivity index (χ0v) is 17.3. The van der Waals surface area contributed by atoms with Crippen LogP contribution in [0.3, 0.4) is 0 Å². The first-order chi connectivity index (χ1) is 14.5. The molecule has 1 saturated heterocycles. The van der Waals surface area contributed by atoms with Gasteiger partial charge in [-0.1, -0.05) is 18.2 Å². The van der Waals surface area contributed by atoms with Gasteiger partial charge in [0.1, 0.15) is 11.6 Å². The topological polar surface area (TPSA) is 87.6 Å². The van der Waals surface area contributed by atoms with Gasteiger partial charge in [0.2, 0.25) is 0 Å². The number of fused-ring (bicyclic) bond motifs is 1. The highest BCUT2D eigenvalue weighted by Crippen LogP contribution is 2.33. The molecule has 1 fully saturated rings. The number of phenolic OH excluding ortho intramolecular Hbond substituents is 1. The molecule has 0 spiro atoms. The predicted octanol–water partition coefficient (Wildman–Crippen LogP) is 4.62. The molecule has 30 heavy (non-hydrogen) atoms. The summed E-state index contributed by atoms with van der Waals surface area (Å²) in [4.78, 5) is 23.4. The van der Waals surface area contributed by atoms with Gasteiger partial charge in [-0.15, -0.1) is 0 Å². The smallest absolute Gasteiger partial charge is 0.407 e. The second-order valence-electron chi connectivity index (χ2n) is 7.61. The van der Waals surface area contributed by atoms with E-state index in [4.69, 9.17) is 14.7 Å². The fourth-order valence-corrected chi connectivity index (χ4v) is 3.85. The average Bonchev–Trinajstić information content (AvgIpc) is 3.21. The number of nitrogens with zero attached hydrogens (tertiary/aromatic N) is 3. The maximum Gasteiger partial charge on any atom is 0.407 e. The zero-order valence-electron chi connectivity index (χ0n) is 17.3. The number of benzene rings is 2. The van der Waals surface area contributed by atoms with Gasteiger partial charge in [-0.25, -0.2) is 14.8 Å². The molecular weight excluding hydrogens is 380 g/mol. The molecule has 1 aliphatic heterocycles. The Morgan fingerprint density at radius 2 is 2.13 bits per heavy atom. The maximum atomic E-state index is 11.6. The monoisotopic (exact) mass is 412 g/mol. The lowest BCUT2D eigenvalue weighted by atomic mass is 10.1. The van der Waals surface area contributed by atoms with E-state index in [0.29, 0.717) is 30.5 Å². The van der Waals surface area contributed by atoms with Crippen LogP contribution in [-0.4, -0.2) is 47.4 Å². The van der Waals surface area contributed by atoms with Gasteiger partial charge in [0.05, 0.1) is 17.7 Å². The third-order valence-electron chi connectivity index (χ3n) is 5.37. The number of rotatable bonds is 5. The average molecular weight is 413 g/mol. The van der Waals surface area contributed by atoms with Crippen LogP contribution in [0.5, 0.6) is 5.75 Å². The lowest BCUT2D eigenvalue weighted by molar-refractivity contribution is 0.151. The Kier molecular flexibility index (Phi) is 5.70. The number of alkyl carbamates (subject to hydrolysis) is 1. The van der Waals surface area contributed by atoms with E-state index in [1.54, 1.807) is 19.1 Å². The number of phenols is 1. The van der Waals surface area contributed by atoms with Crippen molar-refractivity contribution in [1.82, 2.24) is 15.3 Å². The number of hydrogen-bond donors (Lipinski definition) is 2. The molecule has 7 heteroatoms. The largest absolute Gasteiger partial charge is 0.507 e. The number of ether oxygens (including phenoxy) is 1. The summed E-state index contributed by atoms with van der Waals surface area (Å²) in [7, 11) is 0. The van der Waals surface area contributed by atoms with E-state index in [1.807, 2.05) is 25.1 Å². The summed E-state index contributed by atoms with van der Waals surface area (Å²) in [6.07, 6.45) is 0.580. The van der Waals surface area contributed by atoms with Crippen LogP contribution in [0.15, 0.2) is 42.5 Å². The summed E-state index contributed by atoms with van der Waals surface area (Å²) in [6.45, 7) is 6.39. The second-order valence-corrected chi connectivity index (χ2v) is 7.61. The summed E-state index contributed by atoms with van der Waals surface area (Å²) >= 11 is 0. The third kappa shape index (κ3) is 4.15. The second kappa shape index (κ2) is 8.57. The number of aromatic hydroxyl groups is 1. The summed E-state index contributed by atoms with van der Waals surface area (Å²) in [6, 6.07) is 13.3. The van der Waals surface area contributed by atoms with E-state index in [0.717, 1.165) is 41.8 Å². The quantitative estimate of drug-likeness (QED) is 0.636. The fourth-order valence-electron chi connectivity index (χ4n) is 3.85. The van der Waals surface area contributed by atoms with Gasteiger partial charge in [-0.2, -0.15) is 0 Å². The molecule has 4 rings (SSSR count). The van der Waals surface area contributed by atoms with Crippen LogP contribution in [0.2, 0.25) is 0 Å². The first-order valence-corrected chi connectivity index (χ1v) is 10.3. The first kappa shape index (κ1) is 19.9. The van der Waals surface area contributed by atoms with Crippen molar-refractivity contribution in [3.8, 4) is 17.1 Å². The molecule has 162 valence electrons. The van der Waals surface area contributed by atoms with Crippen molar-refractivity contribution >= 4 is 22.8 Å². The highest BCUT2D eigenvalue weighted by molar-refractivity contribution is 5.92. The minimum Gasteiger partial charge on any atom is -0.507 e. The standard InChI is InChI=1S/C23H26N4O3.3H2/c1-3-30-23(29)24-13-16-10-11-27(14-16)22-17-9-8-15(2)12-19(17)25-21(26-22)18-6-4-5-7-20(18)28;;;/h4-9,12,16,28H,3,10-11,13-14H2,1-2H3,(H,24,29);3*1H/t16-;;;/m0.../s1. The molecule has 1 amide bonds. The van der Waals surface area contributed by atoms with Gasteiger partial charge >= 0.3 is 6.09 Å². The van der Waals surface area contributed by atoms with Crippen LogP contribution >= 0.6 is 0 Å². The van der Waals surface area contributed by atoms with Gasteiger partial charge in [-0.3, -0.25) is 0 Å².